The lowest BCUT2D eigenvalue weighted by Crippen LogP contribution is -2.07. The summed E-state index contributed by atoms with van der Waals surface area (Å²) < 4.78 is 0.627. The molecule has 3 rings (SSSR count). The molecule has 0 saturated carbocycles. The summed E-state index contributed by atoms with van der Waals surface area (Å²) in [6.45, 7) is 0. The fourth-order valence-corrected chi connectivity index (χ4v) is 2.89. The number of non-ortho nitro benzene ring substituents is 1. The summed E-state index contributed by atoms with van der Waals surface area (Å²) in [6.07, 6.45) is 2.95. The normalized spacial score (nSPS) is 11.0. The number of nitrogens with one attached hydrogen (secondary N) is 1. The molecule has 0 saturated heterocycles. The second kappa shape index (κ2) is 6.47. The van der Waals surface area contributed by atoms with Gasteiger partial charge in [0.05, 0.1) is 15.1 Å². The zero-order chi connectivity index (χ0) is 17.1. The van der Waals surface area contributed by atoms with Gasteiger partial charge in [-0.15, -0.1) is 0 Å². The number of nitrogens with zero attached hydrogens (tertiary/aromatic N) is 2. The molecule has 1 amide bonds. The van der Waals surface area contributed by atoms with E-state index in [1.165, 1.54) is 41.7 Å². The van der Waals surface area contributed by atoms with Gasteiger partial charge in [-0.05, 0) is 29.8 Å². The SMILES string of the molecule is O=C(/C=C/c1ccc(O)cc1)Nc1nc2ccc([N+](=O)[O-])cc2s1. The number of nitro benzene ring substituents is 1. The van der Waals surface area contributed by atoms with E-state index in [9.17, 15) is 20.0 Å². The fraction of sp³-hybridized carbons (Fsp3) is 0. The van der Waals surface area contributed by atoms with E-state index in [0.29, 0.717) is 15.3 Å². The summed E-state index contributed by atoms with van der Waals surface area (Å²) in [6, 6.07) is 10.8. The van der Waals surface area contributed by atoms with Gasteiger partial charge in [0, 0.05) is 18.2 Å². The predicted molar refractivity (Wildman–Crippen MR) is 92.0 cm³/mol. The minimum atomic E-state index is -0.474. The quantitative estimate of drug-likeness (QED) is 0.429. The van der Waals surface area contributed by atoms with Crippen molar-refractivity contribution >= 4 is 44.4 Å². The molecule has 120 valence electrons. The third kappa shape index (κ3) is 3.55. The van der Waals surface area contributed by atoms with E-state index in [1.54, 1.807) is 24.3 Å². The van der Waals surface area contributed by atoms with Gasteiger partial charge < -0.3 is 5.11 Å². The lowest BCUT2D eigenvalue weighted by atomic mass is 10.2. The van der Waals surface area contributed by atoms with Crippen molar-refractivity contribution in [3.05, 3.63) is 64.2 Å². The standard InChI is InChI=1S/C16H11N3O4S/c20-12-5-1-10(2-6-12)3-8-15(21)18-16-17-13-7-4-11(19(22)23)9-14(13)24-16/h1-9,20H,(H,17,18,21)/b8-3+. The number of aromatic hydroxyl groups is 1. The second-order valence-electron chi connectivity index (χ2n) is 4.84. The maximum absolute atomic E-state index is 11.9. The molecule has 8 heteroatoms. The van der Waals surface area contributed by atoms with Crippen LogP contribution in [0.4, 0.5) is 10.8 Å². The van der Waals surface area contributed by atoms with E-state index >= 15 is 0 Å². The maximum Gasteiger partial charge on any atom is 0.270 e. The lowest BCUT2D eigenvalue weighted by Gasteiger charge is -1.96. The molecule has 2 aromatic carbocycles. The Hall–Kier alpha value is -3.26. The summed E-state index contributed by atoms with van der Waals surface area (Å²) >= 11 is 1.17. The van der Waals surface area contributed by atoms with Gasteiger partial charge in [0.15, 0.2) is 5.13 Å². The predicted octanol–water partition coefficient (Wildman–Crippen LogP) is 3.56. The Balaban J connectivity index is 1.73. The van der Waals surface area contributed by atoms with Gasteiger partial charge in [-0.25, -0.2) is 4.98 Å². The third-order valence-electron chi connectivity index (χ3n) is 3.13. The van der Waals surface area contributed by atoms with Crippen LogP contribution in [0, 0.1) is 10.1 Å². The highest BCUT2D eigenvalue weighted by molar-refractivity contribution is 7.22. The van der Waals surface area contributed by atoms with Crippen molar-refractivity contribution in [2.45, 2.75) is 0 Å². The van der Waals surface area contributed by atoms with Crippen molar-refractivity contribution in [1.29, 1.82) is 0 Å². The van der Waals surface area contributed by atoms with Crippen LogP contribution in [-0.4, -0.2) is 20.9 Å². The fourth-order valence-electron chi connectivity index (χ4n) is 1.98. The van der Waals surface area contributed by atoms with Crippen LogP contribution in [0.5, 0.6) is 5.75 Å². The van der Waals surface area contributed by atoms with E-state index in [-0.39, 0.29) is 17.3 Å². The molecule has 7 nitrogen and oxygen atoms in total. The molecule has 0 atom stereocenters. The number of anilines is 1. The van der Waals surface area contributed by atoms with E-state index in [2.05, 4.69) is 10.3 Å². The number of thiazole rings is 1. The topological polar surface area (TPSA) is 105 Å². The molecule has 24 heavy (non-hydrogen) atoms. The van der Waals surface area contributed by atoms with Crippen LogP contribution in [0.15, 0.2) is 48.5 Å². The van der Waals surface area contributed by atoms with E-state index in [1.807, 2.05) is 0 Å². The van der Waals surface area contributed by atoms with Gasteiger partial charge >= 0.3 is 0 Å². The van der Waals surface area contributed by atoms with E-state index in [0.717, 1.165) is 5.56 Å². The van der Waals surface area contributed by atoms with Crippen molar-refractivity contribution in [2.75, 3.05) is 5.32 Å². The number of rotatable bonds is 4. The van der Waals surface area contributed by atoms with Crippen LogP contribution in [0.2, 0.25) is 0 Å². The van der Waals surface area contributed by atoms with Crippen LogP contribution in [0.1, 0.15) is 5.56 Å². The van der Waals surface area contributed by atoms with Gasteiger partial charge in [-0.1, -0.05) is 23.5 Å². The van der Waals surface area contributed by atoms with Gasteiger partial charge in [0.25, 0.3) is 5.69 Å². The zero-order valence-electron chi connectivity index (χ0n) is 12.2. The molecule has 0 fully saturated rings. The number of phenols is 1. The van der Waals surface area contributed by atoms with Gasteiger partial charge in [0.1, 0.15) is 5.75 Å². The van der Waals surface area contributed by atoms with Crippen LogP contribution in [-0.2, 0) is 4.79 Å². The minimum absolute atomic E-state index is 0.0174. The number of carbonyl (C=O) groups excluding carboxylic acids is 1. The van der Waals surface area contributed by atoms with Gasteiger partial charge in [-0.2, -0.15) is 0 Å². The monoisotopic (exact) mass is 341 g/mol. The van der Waals surface area contributed by atoms with Gasteiger partial charge in [-0.3, -0.25) is 20.2 Å². The number of amides is 1. The van der Waals surface area contributed by atoms with Crippen LogP contribution < -0.4 is 5.32 Å². The summed E-state index contributed by atoms with van der Waals surface area (Å²) in [5.41, 5.74) is 1.34. The number of nitro groups is 1. The lowest BCUT2D eigenvalue weighted by molar-refractivity contribution is -0.384. The second-order valence-corrected chi connectivity index (χ2v) is 5.87. The number of hydrogen-bond donors (Lipinski definition) is 2. The molecule has 0 radical (unpaired) electrons. The highest BCUT2D eigenvalue weighted by Gasteiger charge is 2.11. The average Bonchev–Trinajstić information content (AvgIpc) is 2.95. The van der Waals surface area contributed by atoms with Crippen molar-refractivity contribution in [1.82, 2.24) is 4.98 Å². The average molecular weight is 341 g/mol. The molecule has 0 aliphatic carbocycles. The minimum Gasteiger partial charge on any atom is -0.508 e. The van der Waals surface area contributed by atoms with Gasteiger partial charge in [0.2, 0.25) is 5.91 Å². The Morgan fingerprint density at radius 1 is 1.25 bits per heavy atom. The molecular weight excluding hydrogens is 330 g/mol. The number of aromatic nitrogens is 1. The van der Waals surface area contributed by atoms with Crippen molar-refractivity contribution < 1.29 is 14.8 Å². The molecule has 0 aliphatic heterocycles. The van der Waals surface area contributed by atoms with Crippen LogP contribution in [0.3, 0.4) is 0 Å². The van der Waals surface area contributed by atoms with Crippen molar-refractivity contribution in [3.8, 4) is 5.75 Å². The largest absolute Gasteiger partial charge is 0.508 e. The Bertz CT molecular complexity index is 948. The maximum atomic E-state index is 11.9. The smallest absolute Gasteiger partial charge is 0.270 e. The Kier molecular flexibility index (Phi) is 4.21. The highest BCUT2D eigenvalue weighted by atomic mass is 32.1. The molecule has 1 aromatic heterocycles. The molecule has 0 aliphatic rings. The zero-order valence-corrected chi connectivity index (χ0v) is 13.0. The first-order valence-electron chi connectivity index (χ1n) is 6.84. The number of carbonyl (C=O) groups is 1. The molecular formula is C16H11N3O4S. The van der Waals surface area contributed by atoms with E-state index < -0.39 is 4.92 Å². The number of fused-ring (bicyclic) bond motifs is 1. The van der Waals surface area contributed by atoms with Crippen molar-refractivity contribution in [3.63, 3.8) is 0 Å². The molecule has 1 heterocycles. The first-order valence-corrected chi connectivity index (χ1v) is 7.66. The molecule has 0 bridgehead atoms. The molecule has 0 spiro atoms. The Morgan fingerprint density at radius 2 is 2.00 bits per heavy atom. The Morgan fingerprint density at radius 3 is 2.71 bits per heavy atom. The first kappa shape index (κ1) is 15.6. The molecule has 2 N–H and O–H groups in total. The number of benzene rings is 2. The summed E-state index contributed by atoms with van der Waals surface area (Å²) in [4.78, 5) is 26.4. The summed E-state index contributed by atoms with van der Waals surface area (Å²) in [7, 11) is 0. The number of hydrogen-bond acceptors (Lipinski definition) is 6. The molecule has 0 unspecified atom stereocenters. The summed E-state index contributed by atoms with van der Waals surface area (Å²) in [5, 5.41) is 23.0. The van der Waals surface area contributed by atoms with E-state index in [4.69, 9.17) is 0 Å². The molecule has 3 aromatic rings. The first-order chi connectivity index (χ1) is 11.5. The van der Waals surface area contributed by atoms with Crippen molar-refractivity contribution in [2.24, 2.45) is 0 Å². The third-order valence-corrected chi connectivity index (χ3v) is 4.07. The summed E-state index contributed by atoms with van der Waals surface area (Å²) in [5.74, 6) is -0.211. The Labute approximate surface area is 140 Å². The van der Waals surface area contributed by atoms with Crippen LogP contribution >= 0.6 is 11.3 Å². The van der Waals surface area contributed by atoms with Crippen LogP contribution in [0.25, 0.3) is 16.3 Å². The highest BCUT2D eigenvalue weighted by Crippen LogP contribution is 2.29. The number of phenolic OH excluding ortho intramolecular Hbond substituents is 1.